The predicted octanol–water partition coefficient (Wildman–Crippen LogP) is 3.11. The number of benzene rings is 1. The van der Waals surface area contributed by atoms with Crippen molar-refractivity contribution < 1.29 is 0 Å². The first-order chi connectivity index (χ1) is 8.58. The summed E-state index contributed by atoms with van der Waals surface area (Å²) < 4.78 is 1.79. The van der Waals surface area contributed by atoms with E-state index in [2.05, 4.69) is 10.1 Å². The summed E-state index contributed by atoms with van der Waals surface area (Å²) in [6.45, 7) is 2.02. The van der Waals surface area contributed by atoms with Crippen molar-refractivity contribution in [3.8, 4) is 11.3 Å². The molecule has 3 rings (SSSR count). The van der Waals surface area contributed by atoms with Crippen molar-refractivity contribution in [1.29, 1.82) is 0 Å². The molecule has 0 spiro atoms. The number of H-pyrrole nitrogens is 1. The fourth-order valence-corrected chi connectivity index (χ4v) is 2.54. The van der Waals surface area contributed by atoms with E-state index < -0.39 is 0 Å². The summed E-state index contributed by atoms with van der Waals surface area (Å²) >= 11 is 6.01. The third-order valence-electron chi connectivity index (χ3n) is 3.15. The van der Waals surface area contributed by atoms with Gasteiger partial charge in [0.05, 0.1) is 17.6 Å². The first kappa shape index (κ1) is 11.2. The monoisotopic (exact) mass is 260 g/mol. The molecule has 0 unspecified atom stereocenters. The minimum atomic E-state index is 0.677. The number of anilines is 1. The van der Waals surface area contributed by atoms with Crippen LogP contribution in [-0.2, 0) is 7.05 Å². The number of nitrogens with zero attached hydrogens (tertiary/aromatic N) is 2. The fraction of sp³-hybridized carbons (Fsp3) is 0.154. The molecule has 0 aliphatic carbocycles. The molecule has 3 N–H and O–H groups in total. The molecule has 2 heterocycles. The molecule has 3 aromatic rings. The molecule has 92 valence electrons. The smallest absolute Gasteiger partial charge is 0.0932 e. The van der Waals surface area contributed by atoms with Gasteiger partial charge in [-0.1, -0.05) is 17.7 Å². The number of aryl methyl sites for hydroxylation is 2. The van der Waals surface area contributed by atoms with Crippen LogP contribution in [0.15, 0.2) is 24.4 Å². The Bertz CT molecular complexity index is 719. The molecule has 2 aromatic heterocycles. The van der Waals surface area contributed by atoms with Crippen LogP contribution in [0.1, 0.15) is 5.69 Å². The van der Waals surface area contributed by atoms with Crippen molar-refractivity contribution >= 4 is 28.2 Å². The molecule has 0 aliphatic heterocycles. The van der Waals surface area contributed by atoms with Crippen molar-refractivity contribution in [2.24, 2.45) is 7.05 Å². The van der Waals surface area contributed by atoms with Gasteiger partial charge < -0.3 is 10.7 Å². The van der Waals surface area contributed by atoms with Gasteiger partial charge >= 0.3 is 0 Å². The van der Waals surface area contributed by atoms with Gasteiger partial charge in [-0.25, -0.2) is 0 Å². The Morgan fingerprint density at radius 1 is 1.39 bits per heavy atom. The molecular weight excluding hydrogens is 248 g/mol. The Hall–Kier alpha value is -1.94. The average Bonchev–Trinajstić information content (AvgIpc) is 2.79. The van der Waals surface area contributed by atoms with Gasteiger partial charge in [-0.3, -0.25) is 4.68 Å². The molecule has 0 atom stereocenters. The van der Waals surface area contributed by atoms with E-state index in [0.29, 0.717) is 10.7 Å². The lowest BCUT2D eigenvalue weighted by molar-refractivity contribution is 0.776. The number of aromatic nitrogens is 3. The molecule has 0 saturated heterocycles. The highest BCUT2D eigenvalue weighted by atomic mass is 35.5. The van der Waals surface area contributed by atoms with E-state index in [4.69, 9.17) is 17.3 Å². The number of hydrogen-bond donors (Lipinski definition) is 2. The van der Waals surface area contributed by atoms with Crippen LogP contribution in [-0.4, -0.2) is 14.8 Å². The van der Waals surface area contributed by atoms with Crippen LogP contribution in [0.5, 0.6) is 0 Å². The summed E-state index contributed by atoms with van der Waals surface area (Å²) in [6, 6.07) is 5.80. The number of rotatable bonds is 1. The molecule has 0 fully saturated rings. The van der Waals surface area contributed by atoms with Crippen LogP contribution in [0.2, 0.25) is 5.02 Å². The molecule has 0 aliphatic rings. The summed E-state index contributed by atoms with van der Waals surface area (Å²) in [7, 11) is 1.89. The maximum atomic E-state index is 6.01. The Morgan fingerprint density at radius 3 is 2.83 bits per heavy atom. The summed E-state index contributed by atoms with van der Waals surface area (Å²) in [5, 5.41) is 6.01. The van der Waals surface area contributed by atoms with Gasteiger partial charge in [-0.2, -0.15) is 5.10 Å². The number of nitrogens with two attached hydrogens (primary N) is 1. The van der Waals surface area contributed by atoms with E-state index in [9.17, 15) is 0 Å². The van der Waals surface area contributed by atoms with Gasteiger partial charge in [-0.05, 0) is 19.1 Å². The maximum Gasteiger partial charge on any atom is 0.0932 e. The number of halogens is 1. The molecule has 4 nitrogen and oxygen atoms in total. The SMILES string of the molecule is Cc1[nH]c2cc(Cl)ccc2c1-c1c(N)cnn1C. The molecule has 0 radical (unpaired) electrons. The van der Waals surface area contributed by atoms with Gasteiger partial charge in [0.2, 0.25) is 0 Å². The van der Waals surface area contributed by atoms with Crippen LogP contribution in [0.3, 0.4) is 0 Å². The molecular formula is C13H13ClN4. The van der Waals surface area contributed by atoms with Gasteiger partial charge in [-0.15, -0.1) is 0 Å². The molecule has 0 bridgehead atoms. The topological polar surface area (TPSA) is 59.6 Å². The number of hydrogen-bond acceptors (Lipinski definition) is 2. The second-order valence-electron chi connectivity index (χ2n) is 4.39. The first-order valence-corrected chi connectivity index (χ1v) is 6.01. The largest absolute Gasteiger partial charge is 0.396 e. The average molecular weight is 261 g/mol. The number of nitrogens with one attached hydrogen (secondary N) is 1. The number of fused-ring (bicyclic) bond motifs is 1. The lowest BCUT2D eigenvalue weighted by Crippen LogP contribution is -1.96. The second-order valence-corrected chi connectivity index (χ2v) is 4.82. The highest BCUT2D eigenvalue weighted by molar-refractivity contribution is 6.31. The van der Waals surface area contributed by atoms with Crippen LogP contribution in [0.4, 0.5) is 5.69 Å². The number of nitrogen functional groups attached to an aromatic ring is 1. The lowest BCUT2D eigenvalue weighted by Gasteiger charge is -2.04. The van der Waals surface area contributed by atoms with Crippen molar-refractivity contribution in [3.63, 3.8) is 0 Å². The Labute approximate surface area is 109 Å². The van der Waals surface area contributed by atoms with Crippen LogP contribution < -0.4 is 5.73 Å². The van der Waals surface area contributed by atoms with Crippen molar-refractivity contribution in [2.45, 2.75) is 6.92 Å². The van der Waals surface area contributed by atoms with E-state index in [1.807, 2.05) is 32.2 Å². The Balaban J connectivity index is 2.39. The first-order valence-electron chi connectivity index (χ1n) is 5.63. The highest BCUT2D eigenvalue weighted by Crippen LogP contribution is 2.35. The summed E-state index contributed by atoms with van der Waals surface area (Å²) in [5.41, 5.74) is 10.8. The third kappa shape index (κ3) is 1.49. The quantitative estimate of drug-likeness (QED) is 0.706. The lowest BCUT2D eigenvalue weighted by atomic mass is 10.1. The Kier molecular flexibility index (Phi) is 2.35. The van der Waals surface area contributed by atoms with Gasteiger partial charge in [0.1, 0.15) is 0 Å². The minimum Gasteiger partial charge on any atom is -0.396 e. The number of aromatic amines is 1. The van der Waals surface area contributed by atoms with Crippen molar-refractivity contribution in [1.82, 2.24) is 14.8 Å². The summed E-state index contributed by atoms with van der Waals surface area (Å²) in [4.78, 5) is 3.33. The summed E-state index contributed by atoms with van der Waals surface area (Å²) in [5.74, 6) is 0. The second kappa shape index (κ2) is 3.78. The van der Waals surface area contributed by atoms with E-state index in [1.54, 1.807) is 10.9 Å². The zero-order chi connectivity index (χ0) is 12.9. The Morgan fingerprint density at radius 2 is 2.17 bits per heavy atom. The van der Waals surface area contributed by atoms with E-state index >= 15 is 0 Å². The predicted molar refractivity (Wildman–Crippen MR) is 74.7 cm³/mol. The van der Waals surface area contributed by atoms with Gasteiger partial charge in [0.15, 0.2) is 0 Å². The van der Waals surface area contributed by atoms with E-state index in [-0.39, 0.29) is 0 Å². The highest BCUT2D eigenvalue weighted by Gasteiger charge is 2.16. The molecule has 0 saturated carbocycles. The fourth-order valence-electron chi connectivity index (χ4n) is 2.37. The normalized spacial score (nSPS) is 11.3. The van der Waals surface area contributed by atoms with Crippen LogP contribution >= 0.6 is 11.6 Å². The van der Waals surface area contributed by atoms with Crippen LogP contribution in [0, 0.1) is 6.92 Å². The van der Waals surface area contributed by atoms with Gasteiger partial charge in [0, 0.05) is 34.2 Å². The summed E-state index contributed by atoms with van der Waals surface area (Å²) in [6.07, 6.45) is 1.67. The molecule has 18 heavy (non-hydrogen) atoms. The zero-order valence-electron chi connectivity index (χ0n) is 10.2. The van der Waals surface area contributed by atoms with E-state index in [1.165, 1.54) is 0 Å². The molecule has 1 aromatic carbocycles. The third-order valence-corrected chi connectivity index (χ3v) is 3.39. The minimum absolute atomic E-state index is 0.677. The van der Waals surface area contributed by atoms with Gasteiger partial charge in [0.25, 0.3) is 0 Å². The van der Waals surface area contributed by atoms with E-state index in [0.717, 1.165) is 27.9 Å². The van der Waals surface area contributed by atoms with Crippen molar-refractivity contribution in [3.05, 3.63) is 35.1 Å². The van der Waals surface area contributed by atoms with Crippen molar-refractivity contribution in [2.75, 3.05) is 5.73 Å². The standard InChI is InChI=1S/C13H13ClN4/c1-7-12(13-10(15)6-16-18(13)2)9-4-3-8(14)5-11(9)17-7/h3-6,17H,15H2,1-2H3. The molecule has 5 heteroatoms. The van der Waals surface area contributed by atoms with Crippen LogP contribution in [0.25, 0.3) is 22.2 Å². The maximum absolute atomic E-state index is 6.01. The molecule has 0 amide bonds. The zero-order valence-corrected chi connectivity index (χ0v) is 10.9.